The van der Waals surface area contributed by atoms with Gasteiger partial charge in [0.05, 0.1) is 4.90 Å². The van der Waals surface area contributed by atoms with E-state index in [0.29, 0.717) is 11.1 Å². The van der Waals surface area contributed by atoms with Gasteiger partial charge in [-0.2, -0.15) is 4.31 Å². The van der Waals surface area contributed by atoms with E-state index in [-0.39, 0.29) is 16.5 Å². The van der Waals surface area contributed by atoms with Crippen molar-refractivity contribution < 1.29 is 17.6 Å². The number of rotatable bonds is 5. The van der Waals surface area contributed by atoms with Crippen LogP contribution in [0.5, 0.6) is 0 Å². The summed E-state index contributed by atoms with van der Waals surface area (Å²) in [6.45, 7) is 3.11. The number of nitrogens with zero attached hydrogens (tertiary/aromatic N) is 1. The Morgan fingerprint density at radius 3 is 2.30 bits per heavy atom. The summed E-state index contributed by atoms with van der Waals surface area (Å²) in [4.78, 5) is 11.5. The first-order valence-electron chi connectivity index (χ1n) is 7.08. The van der Waals surface area contributed by atoms with Gasteiger partial charge in [-0.1, -0.05) is 24.3 Å². The van der Waals surface area contributed by atoms with E-state index in [2.05, 4.69) is 0 Å². The number of Topliss-reactive ketones (excluding diaryl/α,β-unsaturated/α-hetero) is 1. The molecule has 23 heavy (non-hydrogen) atoms. The zero-order valence-electron chi connectivity index (χ0n) is 13.2. The average Bonchev–Trinajstić information content (AvgIpc) is 2.54. The number of hydrogen-bond acceptors (Lipinski definition) is 3. The van der Waals surface area contributed by atoms with Crippen molar-refractivity contribution in [1.29, 1.82) is 0 Å². The van der Waals surface area contributed by atoms with Crippen molar-refractivity contribution in [3.8, 4) is 0 Å². The van der Waals surface area contributed by atoms with E-state index in [1.807, 2.05) is 0 Å². The van der Waals surface area contributed by atoms with Crippen LogP contribution in [0.1, 0.15) is 35.8 Å². The van der Waals surface area contributed by atoms with Crippen molar-refractivity contribution in [3.05, 3.63) is 65.5 Å². The SMILES string of the molecule is CC(=O)c1cccc(S(=O)(=O)N(C)C(C)c2ccc(F)cc2)c1. The van der Waals surface area contributed by atoms with E-state index in [1.54, 1.807) is 31.2 Å². The monoisotopic (exact) mass is 335 g/mol. The molecule has 0 fully saturated rings. The zero-order chi connectivity index (χ0) is 17.2. The molecule has 0 aliphatic carbocycles. The van der Waals surface area contributed by atoms with Crippen LogP contribution in [-0.4, -0.2) is 25.6 Å². The van der Waals surface area contributed by atoms with Crippen LogP contribution in [0.2, 0.25) is 0 Å². The highest BCUT2D eigenvalue weighted by Crippen LogP contribution is 2.26. The number of carbonyl (C=O) groups is 1. The Morgan fingerprint density at radius 2 is 1.74 bits per heavy atom. The van der Waals surface area contributed by atoms with E-state index >= 15 is 0 Å². The van der Waals surface area contributed by atoms with Gasteiger partial charge in [0, 0.05) is 18.7 Å². The minimum Gasteiger partial charge on any atom is -0.295 e. The largest absolute Gasteiger partial charge is 0.295 e. The molecule has 0 aliphatic heterocycles. The second-order valence-corrected chi connectivity index (χ2v) is 7.33. The third-order valence-corrected chi connectivity index (χ3v) is 5.74. The van der Waals surface area contributed by atoms with Crippen molar-refractivity contribution >= 4 is 15.8 Å². The number of hydrogen-bond donors (Lipinski definition) is 0. The first-order chi connectivity index (χ1) is 10.7. The lowest BCUT2D eigenvalue weighted by atomic mass is 10.1. The van der Waals surface area contributed by atoms with E-state index in [9.17, 15) is 17.6 Å². The van der Waals surface area contributed by atoms with Gasteiger partial charge in [-0.15, -0.1) is 0 Å². The Balaban J connectivity index is 2.36. The summed E-state index contributed by atoms with van der Waals surface area (Å²) in [6.07, 6.45) is 0. The highest BCUT2D eigenvalue weighted by Gasteiger charge is 2.26. The molecule has 0 saturated heterocycles. The first kappa shape index (κ1) is 17.3. The van der Waals surface area contributed by atoms with Crippen LogP contribution in [0, 0.1) is 5.82 Å². The summed E-state index contributed by atoms with van der Waals surface area (Å²) in [5.41, 5.74) is 1.02. The summed E-state index contributed by atoms with van der Waals surface area (Å²) < 4.78 is 39.7. The van der Waals surface area contributed by atoms with E-state index < -0.39 is 16.1 Å². The van der Waals surface area contributed by atoms with Gasteiger partial charge < -0.3 is 0 Å². The molecule has 0 spiro atoms. The zero-order valence-corrected chi connectivity index (χ0v) is 14.0. The second kappa shape index (κ2) is 6.60. The highest BCUT2D eigenvalue weighted by molar-refractivity contribution is 7.89. The van der Waals surface area contributed by atoms with Crippen molar-refractivity contribution in [2.75, 3.05) is 7.05 Å². The van der Waals surface area contributed by atoms with Gasteiger partial charge in [-0.3, -0.25) is 4.79 Å². The molecule has 0 aromatic heterocycles. The lowest BCUT2D eigenvalue weighted by Crippen LogP contribution is -2.30. The van der Waals surface area contributed by atoms with E-state index in [1.165, 1.54) is 42.5 Å². The molecule has 122 valence electrons. The molecular weight excluding hydrogens is 317 g/mol. The Kier molecular flexibility index (Phi) is 4.97. The summed E-state index contributed by atoms with van der Waals surface area (Å²) in [6, 6.07) is 11.2. The van der Waals surface area contributed by atoms with Crippen LogP contribution < -0.4 is 0 Å². The Morgan fingerprint density at radius 1 is 1.13 bits per heavy atom. The molecule has 2 aromatic rings. The van der Waals surface area contributed by atoms with E-state index in [0.717, 1.165) is 0 Å². The molecule has 0 N–H and O–H groups in total. The first-order valence-corrected chi connectivity index (χ1v) is 8.52. The van der Waals surface area contributed by atoms with Crippen molar-refractivity contribution in [3.63, 3.8) is 0 Å². The molecule has 0 amide bonds. The second-order valence-electron chi connectivity index (χ2n) is 5.33. The molecule has 1 unspecified atom stereocenters. The van der Waals surface area contributed by atoms with Crippen LogP contribution in [0.4, 0.5) is 4.39 Å². The molecule has 2 aromatic carbocycles. The molecule has 4 nitrogen and oxygen atoms in total. The smallest absolute Gasteiger partial charge is 0.243 e. The number of halogens is 1. The van der Waals surface area contributed by atoms with Crippen molar-refractivity contribution in [2.45, 2.75) is 24.8 Å². The van der Waals surface area contributed by atoms with Gasteiger partial charge in [0.15, 0.2) is 5.78 Å². The molecule has 1 atom stereocenters. The van der Waals surface area contributed by atoms with Crippen molar-refractivity contribution in [2.24, 2.45) is 0 Å². The number of benzene rings is 2. The minimum absolute atomic E-state index is 0.0571. The maximum Gasteiger partial charge on any atom is 0.243 e. The molecule has 0 saturated carbocycles. The quantitative estimate of drug-likeness (QED) is 0.787. The maximum atomic E-state index is 13.0. The van der Waals surface area contributed by atoms with Gasteiger partial charge in [0.1, 0.15) is 5.82 Å². The summed E-state index contributed by atoms with van der Waals surface area (Å²) >= 11 is 0. The fourth-order valence-corrected chi connectivity index (χ4v) is 3.60. The van der Waals surface area contributed by atoms with Crippen molar-refractivity contribution in [1.82, 2.24) is 4.31 Å². The third kappa shape index (κ3) is 3.65. The van der Waals surface area contributed by atoms with Crippen LogP contribution >= 0.6 is 0 Å². The highest BCUT2D eigenvalue weighted by atomic mass is 32.2. The van der Waals surface area contributed by atoms with Crippen LogP contribution in [0.15, 0.2) is 53.4 Å². The Bertz CT molecular complexity index is 816. The molecule has 0 aliphatic rings. The third-order valence-electron chi connectivity index (χ3n) is 3.82. The summed E-state index contributed by atoms with van der Waals surface area (Å²) in [7, 11) is -2.30. The van der Waals surface area contributed by atoms with E-state index in [4.69, 9.17) is 0 Å². The van der Waals surface area contributed by atoms with Gasteiger partial charge in [-0.05, 0) is 43.7 Å². The lowest BCUT2D eigenvalue weighted by Gasteiger charge is -2.25. The van der Waals surface area contributed by atoms with Gasteiger partial charge in [0.2, 0.25) is 10.0 Å². The predicted octanol–water partition coefficient (Wildman–Crippen LogP) is 3.41. The van der Waals surface area contributed by atoms with Gasteiger partial charge in [0.25, 0.3) is 0 Å². The molecular formula is C17H18FNO3S. The molecule has 6 heteroatoms. The fourth-order valence-electron chi connectivity index (χ4n) is 2.20. The summed E-state index contributed by atoms with van der Waals surface area (Å²) in [5, 5.41) is 0. The fraction of sp³-hybridized carbons (Fsp3) is 0.235. The molecule has 0 bridgehead atoms. The van der Waals surface area contributed by atoms with Crippen LogP contribution in [0.25, 0.3) is 0 Å². The molecule has 2 rings (SSSR count). The molecule has 0 heterocycles. The standard InChI is InChI=1S/C17H18FNO3S/c1-12(14-7-9-16(18)10-8-14)19(3)23(21,22)17-6-4-5-15(11-17)13(2)20/h4-12H,1-3H3. The molecule has 0 radical (unpaired) electrons. The Labute approximate surface area is 135 Å². The number of carbonyl (C=O) groups excluding carboxylic acids is 1. The Hall–Kier alpha value is -2.05. The minimum atomic E-state index is -3.77. The van der Waals surface area contributed by atoms with Crippen LogP contribution in [0.3, 0.4) is 0 Å². The lowest BCUT2D eigenvalue weighted by molar-refractivity contribution is 0.101. The number of ketones is 1. The maximum absolute atomic E-state index is 13.0. The van der Waals surface area contributed by atoms with Crippen LogP contribution in [-0.2, 0) is 10.0 Å². The topological polar surface area (TPSA) is 54.5 Å². The van der Waals surface area contributed by atoms with Gasteiger partial charge >= 0.3 is 0 Å². The average molecular weight is 335 g/mol. The summed E-state index contributed by atoms with van der Waals surface area (Å²) in [5.74, 6) is -0.572. The normalized spacial score (nSPS) is 13.1. The number of sulfonamides is 1. The van der Waals surface area contributed by atoms with Gasteiger partial charge in [-0.25, -0.2) is 12.8 Å². The predicted molar refractivity (Wildman–Crippen MR) is 86.2 cm³/mol.